The van der Waals surface area contributed by atoms with E-state index in [1.807, 2.05) is 0 Å². The second-order valence-corrected chi connectivity index (χ2v) is 8.41. The average molecular weight is 387 g/mol. The van der Waals surface area contributed by atoms with E-state index >= 15 is 0 Å². The number of hydrogen-bond donors (Lipinski definition) is 0. The van der Waals surface area contributed by atoms with Crippen molar-refractivity contribution in [3.8, 4) is 0 Å². The van der Waals surface area contributed by atoms with Gasteiger partial charge in [-0.15, -0.1) is 0 Å². The normalized spacial score (nSPS) is 25.0. The second-order valence-electron chi connectivity index (χ2n) is 4.68. The molecule has 0 aromatic carbocycles. The molecule has 0 spiro atoms. The molecule has 1 saturated heterocycles. The Hall–Kier alpha value is -0.400. The van der Waals surface area contributed by atoms with Gasteiger partial charge in [-0.3, -0.25) is 9.69 Å². The molecular weight excluding hydrogens is 373 g/mol. The summed E-state index contributed by atoms with van der Waals surface area (Å²) in [7, 11) is 0. The maximum atomic E-state index is 12.3. The van der Waals surface area contributed by atoms with E-state index in [2.05, 4.69) is 6.58 Å². The smallest absolute Gasteiger partial charge is 0.355 e. The third-order valence-electron chi connectivity index (χ3n) is 3.18. The number of rotatable bonds is 4. The van der Waals surface area contributed by atoms with E-state index in [1.54, 1.807) is 13.8 Å². The predicted molar refractivity (Wildman–Crippen MR) is 86.7 cm³/mol. The molecule has 1 amide bonds. The van der Waals surface area contributed by atoms with Crippen LogP contribution in [0.15, 0.2) is 22.8 Å². The molecule has 0 radical (unpaired) electrons. The lowest BCUT2D eigenvalue weighted by atomic mass is 10.0. The number of alkyl halides is 3. The molecule has 1 fully saturated rings. The van der Waals surface area contributed by atoms with Crippen LogP contribution in [0.3, 0.4) is 0 Å². The highest BCUT2D eigenvalue weighted by Crippen LogP contribution is 2.46. The van der Waals surface area contributed by atoms with E-state index < -0.39 is 22.5 Å². The van der Waals surface area contributed by atoms with Crippen molar-refractivity contribution in [1.82, 2.24) is 4.90 Å². The first-order valence-electron chi connectivity index (χ1n) is 6.42. The fourth-order valence-electron chi connectivity index (χ4n) is 2.14. The summed E-state index contributed by atoms with van der Waals surface area (Å²) in [4.78, 5) is 26.5. The first kappa shape index (κ1) is 17.9. The molecular formula is C13H14Cl3NO4S. The molecule has 2 rings (SSSR count). The lowest BCUT2D eigenvalue weighted by Gasteiger charge is -2.49. The Morgan fingerprint density at radius 1 is 1.45 bits per heavy atom. The van der Waals surface area contributed by atoms with Gasteiger partial charge in [0.2, 0.25) is 3.79 Å². The molecule has 0 aliphatic carbocycles. The van der Waals surface area contributed by atoms with Gasteiger partial charge in [0.1, 0.15) is 17.7 Å². The van der Waals surface area contributed by atoms with Crippen LogP contribution >= 0.6 is 46.6 Å². The number of allylic oxidation sites excluding steroid dienone is 1. The molecule has 122 valence electrons. The Labute approximate surface area is 147 Å². The van der Waals surface area contributed by atoms with Crippen LogP contribution in [0.1, 0.15) is 13.8 Å². The van der Waals surface area contributed by atoms with E-state index in [0.29, 0.717) is 17.1 Å². The van der Waals surface area contributed by atoms with Crippen molar-refractivity contribution < 1.29 is 19.1 Å². The van der Waals surface area contributed by atoms with Crippen LogP contribution in [-0.2, 0) is 19.1 Å². The second kappa shape index (κ2) is 6.61. The fourth-order valence-corrected chi connectivity index (χ4v) is 3.50. The van der Waals surface area contributed by atoms with E-state index in [-0.39, 0.29) is 17.0 Å². The van der Waals surface area contributed by atoms with E-state index in [4.69, 9.17) is 44.3 Å². The largest absolute Gasteiger partial charge is 0.456 e. The third-order valence-corrected chi connectivity index (χ3v) is 4.80. The summed E-state index contributed by atoms with van der Waals surface area (Å²) in [6.45, 7) is 7.39. The molecule has 9 heteroatoms. The number of halogens is 3. The van der Waals surface area contributed by atoms with Gasteiger partial charge in [-0.1, -0.05) is 53.1 Å². The van der Waals surface area contributed by atoms with Crippen LogP contribution in [-0.4, -0.2) is 45.3 Å². The van der Waals surface area contributed by atoms with Crippen LogP contribution in [0.5, 0.6) is 0 Å². The van der Waals surface area contributed by atoms with E-state index in [1.165, 1.54) is 16.7 Å². The number of ether oxygens (including phenoxy) is 2. The zero-order chi connectivity index (χ0) is 16.7. The van der Waals surface area contributed by atoms with Crippen LogP contribution in [0, 0.1) is 0 Å². The monoisotopic (exact) mass is 385 g/mol. The summed E-state index contributed by atoms with van der Waals surface area (Å²) in [6.07, 6.45) is -0.587. The SMILES string of the molecule is C=C1S[C@H]2[C@@H](OCC)C(=O)N2C(C(=O)OCC(Cl)(Cl)Cl)=C1C. The van der Waals surface area contributed by atoms with Gasteiger partial charge in [-0.05, 0) is 19.4 Å². The Balaban J connectivity index is 2.21. The topological polar surface area (TPSA) is 55.8 Å². The number of nitrogens with zero attached hydrogens (tertiary/aromatic N) is 1. The minimum atomic E-state index is -1.71. The summed E-state index contributed by atoms with van der Waals surface area (Å²) in [6, 6.07) is 0. The average Bonchev–Trinajstić information content (AvgIpc) is 2.44. The Bertz CT molecular complexity index is 558. The fraction of sp³-hybridized carbons (Fsp3) is 0.538. The van der Waals surface area contributed by atoms with Crippen molar-refractivity contribution in [2.45, 2.75) is 29.1 Å². The number of carbonyl (C=O) groups is 2. The molecule has 0 unspecified atom stereocenters. The van der Waals surface area contributed by atoms with Gasteiger partial charge in [0.15, 0.2) is 6.10 Å². The van der Waals surface area contributed by atoms with Crippen molar-refractivity contribution >= 4 is 58.4 Å². The first-order valence-corrected chi connectivity index (χ1v) is 8.44. The Kier molecular flexibility index (Phi) is 5.39. The Morgan fingerprint density at radius 2 is 2.09 bits per heavy atom. The van der Waals surface area contributed by atoms with Crippen LogP contribution in [0.4, 0.5) is 0 Å². The molecule has 0 saturated carbocycles. The summed E-state index contributed by atoms with van der Waals surface area (Å²) >= 11 is 18.1. The van der Waals surface area contributed by atoms with Gasteiger partial charge in [0, 0.05) is 11.5 Å². The molecule has 2 aliphatic heterocycles. The summed E-state index contributed by atoms with van der Waals surface area (Å²) < 4.78 is 8.67. The highest BCUT2D eigenvalue weighted by atomic mass is 35.6. The van der Waals surface area contributed by atoms with Crippen molar-refractivity contribution in [3.05, 3.63) is 22.8 Å². The zero-order valence-corrected chi connectivity index (χ0v) is 15.0. The maximum Gasteiger partial charge on any atom is 0.355 e. The van der Waals surface area contributed by atoms with Crippen molar-refractivity contribution in [1.29, 1.82) is 0 Å². The minimum Gasteiger partial charge on any atom is -0.456 e. The Morgan fingerprint density at radius 3 is 2.64 bits per heavy atom. The number of β-lactam (4-membered cyclic amide) rings is 1. The molecule has 2 atom stereocenters. The zero-order valence-electron chi connectivity index (χ0n) is 11.9. The number of carbonyl (C=O) groups excluding carboxylic acids is 2. The summed E-state index contributed by atoms with van der Waals surface area (Å²) in [5, 5.41) is -0.320. The number of esters is 1. The lowest BCUT2D eigenvalue weighted by Crippen LogP contribution is -2.65. The summed E-state index contributed by atoms with van der Waals surface area (Å²) in [5.74, 6) is -1.01. The van der Waals surface area contributed by atoms with Crippen LogP contribution in [0.2, 0.25) is 0 Å². The number of amides is 1. The number of thioether (sulfide) groups is 1. The van der Waals surface area contributed by atoms with Gasteiger partial charge < -0.3 is 9.47 Å². The number of hydrogen-bond acceptors (Lipinski definition) is 5. The highest BCUT2D eigenvalue weighted by Gasteiger charge is 2.55. The predicted octanol–water partition coefficient (Wildman–Crippen LogP) is 3.01. The molecule has 2 aliphatic rings. The van der Waals surface area contributed by atoms with E-state index in [9.17, 15) is 9.59 Å². The van der Waals surface area contributed by atoms with Gasteiger partial charge in [0.25, 0.3) is 5.91 Å². The first-order chi connectivity index (χ1) is 10.2. The van der Waals surface area contributed by atoms with Crippen molar-refractivity contribution in [2.24, 2.45) is 0 Å². The van der Waals surface area contributed by atoms with E-state index in [0.717, 1.165) is 0 Å². The van der Waals surface area contributed by atoms with Gasteiger partial charge in [-0.25, -0.2) is 4.79 Å². The van der Waals surface area contributed by atoms with Crippen molar-refractivity contribution in [2.75, 3.05) is 13.2 Å². The minimum absolute atomic E-state index is 0.129. The molecule has 0 N–H and O–H groups in total. The highest BCUT2D eigenvalue weighted by molar-refractivity contribution is 8.04. The molecule has 0 aromatic heterocycles. The lowest BCUT2D eigenvalue weighted by molar-refractivity contribution is -0.165. The van der Waals surface area contributed by atoms with Crippen LogP contribution in [0.25, 0.3) is 0 Å². The van der Waals surface area contributed by atoms with Gasteiger partial charge in [0.05, 0.1) is 0 Å². The quantitative estimate of drug-likeness (QED) is 0.422. The molecule has 0 aromatic rings. The molecule has 0 bridgehead atoms. The van der Waals surface area contributed by atoms with Crippen molar-refractivity contribution in [3.63, 3.8) is 0 Å². The third kappa shape index (κ3) is 3.41. The summed E-state index contributed by atoms with van der Waals surface area (Å²) in [5.41, 5.74) is 0.697. The van der Waals surface area contributed by atoms with Crippen LogP contribution < -0.4 is 0 Å². The standard InChI is InChI=1S/C13H14Cl3NO4S/c1-4-20-9-10(18)17-8(6(2)7(3)22-11(9)17)12(19)21-5-13(14,15)16/h9,11H,3-5H2,1-2H3/t9-,11-/m0/s1. The molecule has 2 heterocycles. The molecule has 22 heavy (non-hydrogen) atoms. The molecule has 5 nitrogen and oxygen atoms in total. The number of fused-ring (bicyclic) bond motifs is 1. The maximum absolute atomic E-state index is 12.3. The van der Waals surface area contributed by atoms with Gasteiger partial charge >= 0.3 is 5.97 Å². The van der Waals surface area contributed by atoms with Gasteiger partial charge in [-0.2, -0.15) is 0 Å².